The van der Waals surface area contributed by atoms with Crippen LogP contribution in [-0.4, -0.2) is 13.4 Å². The summed E-state index contributed by atoms with van der Waals surface area (Å²) >= 11 is 18.1. The molecule has 1 N–H and O–H groups in total. The maximum absolute atomic E-state index is 12.3. The summed E-state index contributed by atoms with van der Waals surface area (Å²) in [4.78, 5) is 3.66. The molecular weight excluding hydrogens is 455 g/mol. The summed E-state index contributed by atoms with van der Waals surface area (Å²) in [5.74, 6) is 0. The molecule has 0 amide bonds. The molecule has 106 valence electrons. The fourth-order valence-corrected chi connectivity index (χ4v) is 4.06. The molecule has 0 atom stereocenters. The Bertz CT molecular complexity index is 769. The SMILES string of the molecule is O=S(=O)(Nc1cccc(Cl)c1Br)c1cc(Br)cnc1Cl. The van der Waals surface area contributed by atoms with Gasteiger partial charge in [-0.2, -0.15) is 0 Å². The van der Waals surface area contributed by atoms with Crippen LogP contribution < -0.4 is 4.72 Å². The number of aromatic nitrogens is 1. The van der Waals surface area contributed by atoms with Crippen molar-refractivity contribution in [1.82, 2.24) is 4.98 Å². The van der Waals surface area contributed by atoms with Gasteiger partial charge in [0.25, 0.3) is 10.0 Å². The predicted octanol–water partition coefficient (Wildman–Crippen LogP) is 4.71. The molecule has 0 spiro atoms. The first-order valence-electron chi connectivity index (χ1n) is 5.09. The van der Waals surface area contributed by atoms with Crippen LogP contribution in [0.25, 0.3) is 0 Å². The van der Waals surface area contributed by atoms with Crippen molar-refractivity contribution >= 4 is 70.8 Å². The van der Waals surface area contributed by atoms with Crippen LogP contribution in [0.4, 0.5) is 5.69 Å². The predicted molar refractivity (Wildman–Crippen MR) is 86.9 cm³/mol. The second-order valence-corrected chi connectivity index (χ2v) is 7.77. The smallest absolute Gasteiger partial charge is 0.265 e. The van der Waals surface area contributed by atoms with Crippen LogP contribution in [0.2, 0.25) is 10.2 Å². The fraction of sp³-hybridized carbons (Fsp3) is 0. The Morgan fingerprint density at radius 3 is 2.60 bits per heavy atom. The molecule has 0 saturated heterocycles. The molecule has 0 aliphatic rings. The van der Waals surface area contributed by atoms with E-state index in [1.807, 2.05) is 0 Å². The molecule has 0 aliphatic carbocycles. The van der Waals surface area contributed by atoms with Gasteiger partial charge in [0, 0.05) is 10.7 Å². The van der Waals surface area contributed by atoms with Crippen LogP contribution in [0.15, 0.2) is 44.3 Å². The van der Waals surface area contributed by atoms with E-state index in [-0.39, 0.29) is 10.0 Å². The second kappa shape index (κ2) is 6.19. The molecule has 0 saturated carbocycles. The first-order chi connectivity index (χ1) is 9.31. The Labute approximate surface area is 142 Å². The fourth-order valence-electron chi connectivity index (χ4n) is 1.37. The third kappa shape index (κ3) is 3.46. The van der Waals surface area contributed by atoms with Crippen LogP contribution in [0, 0.1) is 0 Å². The lowest BCUT2D eigenvalue weighted by molar-refractivity contribution is 0.601. The normalized spacial score (nSPS) is 11.4. The summed E-state index contributed by atoms with van der Waals surface area (Å²) in [6.45, 7) is 0. The van der Waals surface area contributed by atoms with Gasteiger partial charge in [-0.25, -0.2) is 13.4 Å². The number of hydrogen-bond acceptors (Lipinski definition) is 3. The summed E-state index contributed by atoms with van der Waals surface area (Å²) in [6, 6.07) is 6.21. The van der Waals surface area contributed by atoms with Gasteiger partial charge in [-0.15, -0.1) is 0 Å². The van der Waals surface area contributed by atoms with Gasteiger partial charge >= 0.3 is 0 Å². The van der Waals surface area contributed by atoms with E-state index in [4.69, 9.17) is 23.2 Å². The molecule has 0 bridgehead atoms. The van der Waals surface area contributed by atoms with Crippen molar-refractivity contribution in [3.05, 3.63) is 49.6 Å². The molecule has 0 unspecified atom stereocenters. The average Bonchev–Trinajstić information content (AvgIpc) is 2.37. The lowest BCUT2D eigenvalue weighted by atomic mass is 10.3. The van der Waals surface area contributed by atoms with Gasteiger partial charge in [0.2, 0.25) is 0 Å². The van der Waals surface area contributed by atoms with Crippen LogP contribution in [0.5, 0.6) is 0 Å². The topological polar surface area (TPSA) is 59.1 Å². The first-order valence-corrected chi connectivity index (χ1v) is 8.91. The number of nitrogens with one attached hydrogen (secondary N) is 1. The summed E-state index contributed by atoms with van der Waals surface area (Å²) < 4.78 is 28.0. The van der Waals surface area contributed by atoms with Crippen molar-refractivity contribution in [1.29, 1.82) is 0 Å². The van der Waals surface area contributed by atoms with Crippen molar-refractivity contribution in [2.45, 2.75) is 4.90 Å². The molecule has 9 heteroatoms. The monoisotopic (exact) mass is 458 g/mol. The Balaban J connectivity index is 2.46. The van der Waals surface area contributed by atoms with E-state index in [1.54, 1.807) is 18.2 Å². The number of anilines is 1. The van der Waals surface area contributed by atoms with E-state index in [0.717, 1.165) is 0 Å². The number of rotatable bonds is 3. The minimum atomic E-state index is -3.87. The molecule has 0 radical (unpaired) electrons. The third-order valence-electron chi connectivity index (χ3n) is 2.26. The van der Waals surface area contributed by atoms with Crippen molar-refractivity contribution in [3.63, 3.8) is 0 Å². The van der Waals surface area contributed by atoms with Gasteiger partial charge < -0.3 is 0 Å². The molecule has 20 heavy (non-hydrogen) atoms. The number of benzene rings is 1. The highest BCUT2D eigenvalue weighted by Crippen LogP contribution is 2.32. The molecule has 1 aromatic heterocycles. The van der Waals surface area contributed by atoms with Crippen molar-refractivity contribution < 1.29 is 8.42 Å². The molecule has 2 rings (SSSR count). The largest absolute Gasteiger partial charge is 0.278 e. The molecule has 0 aliphatic heterocycles. The average molecular weight is 461 g/mol. The third-order valence-corrected chi connectivity index (χ3v) is 5.88. The highest BCUT2D eigenvalue weighted by Gasteiger charge is 2.21. The number of hydrogen-bond donors (Lipinski definition) is 1. The van der Waals surface area contributed by atoms with Crippen molar-refractivity contribution in [3.8, 4) is 0 Å². The molecular formula is C11H6Br2Cl2N2O2S. The molecule has 1 aromatic carbocycles. The Morgan fingerprint density at radius 1 is 1.20 bits per heavy atom. The summed E-state index contributed by atoms with van der Waals surface area (Å²) in [7, 11) is -3.87. The summed E-state index contributed by atoms with van der Waals surface area (Å²) in [5.41, 5.74) is 0.313. The van der Waals surface area contributed by atoms with Gasteiger partial charge in [0.1, 0.15) is 10.0 Å². The maximum Gasteiger partial charge on any atom is 0.265 e. The van der Waals surface area contributed by atoms with Crippen molar-refractivity contribution in [2.75, 3.05) is 4.72 Å². The highest BCUT2D eigenvalue weighted by molar-refractivity contribution is 9.11. The van der Waals surface area contributed by atoms with E-state index in [0.29, 0.717) is 19.7 Å². The van der Waals surface area contributed by atoms with Crippen LogP contribution >= 0.6 is 55.1 Å². The molecule has 2 aromatic rings. The van der Waals surface area contributed by atoms with Crippen LogP contribution in [0.3, 0.4) is 0 Å². The van der Waals surface area contributed by atoms with Crippen LogP contribution in [0.1, 0.15) is 0 Å². The van der Waals surface area contributed by atoms with E-state index >= 15 is 0 Å². The highest BCUT2D eigenvalue weighted by atomic mass is 79.9. The van der Waals surface area contributed by atoms with E-state index < -0.39 is 10.0 Å². The van der Waals surface area contributed by atoms with Gasteiger partial charge in [0.15, 0.2) is 0 Å². The Kier molecular flexibility index (Phi) is 4.96. The van der Waals surface area contributed by atoms with Gasteiger partial charge in [-0.3, -0.25) is 4.72 Å². The zero-order chi connectivity index (χ0) is 14.9. The lowest BCUT2D eigenvalue weighted by Gasteiger charge is -2.11. The molecule has 0 fully saturated rings. The minimum Gasteiger partial charge on any atom is -0.278 e. The number of pyridine rings is 1. The zero-order valence-corrected chi connectivity index (χ0v) is 15.1. The first kappa shape index (κ1) is 16.0. The van der Waals surface area contributed by atoms with E-state index in [1.165, 1.54) is 12.3 Å². The molecule has 1 heterocycles. The number of sulfonamides is 1. The van der Waals surface area contributed by atoms with Crippen molar-refractivity contribution in [2.24, 2.45) is 0 Å². The quantitative estimate of drug-likeness (QED) is 0.674. The maximum atomic E-state index is 12.3. The van der Waals surface area contributed by atoms with E-state index in [9.17, 15) is 8.42 Å². The standard InChI is InChI=1S/C11H6Br2Cl2N2O2S/c12-6-4-9(11(15)16-5-6)20(18,19)17-8-3-1-2-7(14)10(8)13/h1-5,17H. The zero-order valence-electron chi connectivity index (χ0n) is 9.57. The van der Waals surface area contributed by atoms with Gasteiger partial charge in [-0.05, 0) is 50.1 Å². The second-order valence-electron chi connectivity index (χ2n) is 3.65. The summed E-state index contributed by atoms with van der Waals surface area (Å²) in [6.07, 6.45) is 1.41. The number of halogens is 4. The van der Waals surface area contributed by atoms with Gasteiger partial charge in [0.05, 0.1) is 15.2 Å². The lowest BCUT2D eigenvalue weighted by Crippen LogP contribution is -2.14. The van der Waals surface area contributed by atoms with E-state index in [2.05, 4.69) is 41.6 Å². The van der Waals surface area contributed by atoms with Crippen LogP contribution in [-0.2, 0) is 10.0 Å². The number of nitrogens with zero attached hydrogens (tertiary/aromatic N) is 1. The summed E-state index contributed by atoms with van der Waals surface area (Å²) in [5, 5.41) is 0.280. The molecule has 4 nitrogen and oxygen atoms in total. The van der Waals surface area contributed by atoms with Gasteiger partial charge in [-0.1, -0.05) is 29.3 Å². The Morgan fingerprint density at radius 2 is 1.90 bits per heavy atom. The Hall–Kier alpha value is -0.340. The minimum absolute atomic E-state index is 0.112.